The molecule has 8 nitrogen and oxygen atoms in total. The predicted molar refractivity (Wildman–Crippen MR) is 103 cm³/mol. The van der Waals surface area contributed by atoms with Crippen molar-refractivity contribution in [2.75, 3.05) is 12.1 Å². The minimum atomic E-state index is -0.334. The quantitative estimate of drug-likeness (QED) is 0.566. The number of nitrogens with zero attached hydrogens (tertiary/aromatic N) is 3. The van der Waals surface area contributed by atoms with Gasteiger partial charge in [0, 0.05) is 24.1 Å². The molecule has 0 radical (unpaired) electrons. The fourth-order valence-electron chi connectivity index (χ4n) is 2.85. The van der Waals surface area contributed by atoms with E-state index in [2.05, 4.69) is 15.4 Å². The molecule has 0 saturated carbocycles. The molecule has 5 rings (SSSR count). The number of benzene rings is 1. The van der Waals surface area contributed by atoms with Gasteiger partial charge in [0.05, 0.1) is 12.0 Å². The third-order valence-corrected chi connectivity index (χ3v) is 5.12. The van der Waals surface area contributed by atoms with Crippen molar-refractivity contribution >= 4 is 23.1 Å². The molecule has 1 N–H and O–H groups in total. The maximum atomic E-state index is 12.2. The number of fused-ring (bicyclic) bond motifs is 1. The Balaban J connectivity index is 1.39. The summed E-state index contributed by atoms with van der Waals surface area (Å²) in [6.07, 6.45) is 1.46. The van der Waals surface area contributed by atoms with Crippen LogP contribution < -0.4 is 14.8 Å². The molecule has 1 aliphatic heterocycles. The van der Waals surface area contributed by atoms with E-state index in [1.165, 1.54) is 17.6 Å². The smallest absolute Gasteiger partial charge is 0.292 e. The topological polar surface area (TPSA) is 91.4 Å². The van der Waals surface area contributed by atoms with E-state index in [0.717, 1.165) is 22.0 Å². The Bertz CT molecular complexity index is 1160. The Hall–Kier alpha value is -3.59. The summed E-state index contributed by atoms with van der Waals surface area (Å²) in [4.78, 5) is 16.8. The van der Waals surface area contributed by atoms with Gasteiger partial charge in [0.15, 0.2) is 17.3 Å². The summed E-state index contributed by atoms with van der Waals surface area (Å²) in [5, 5.41) is 9.95. The summed E-state index contributed by atoms with van der Waals surface area (Å²) in [6.45, 7) is 0.238. The lowest BCUT2D eigenvalue weighted by atomic mass is 10.1. The first-order valence-corrected chi connectivity index (χ1v) is 9.30. The van der Waals surface area contributed by atoms with Crippen molar-refractivity contribution in [2.24, 2.45) is 7.05 Å². The number of furan rings is 1. The average Bonchev–Trinajstić information content (AvgIpc) is 3.48. The van der Waals surface area contributed by atoms with Crippen molar-refractivity contribution in [2.45, 2.75) is 0 Å². The maximum Gasteiger partial charge on any atom is 0.292 e. The highest BCUT2D eigenvalue weighted by Crippen LogP contribution is 2.37. The summed E-state index contributed by atoms with van der Waals surface area (Å²) >= 11 is 1.48. The molecule has 4 heterocycles. The van der Waals surface area contributed by atoms with E-state index in [0.29, 0.717) is 17.3 Å². The molecular formula is C19H14N4O4S. The molecule has 0 bridgehead atoms. The average molecular weight is 394 g/mol. The van der Waals surface area contributed by atoms with E-state index in [1.54, 1.807) is 29.9 Å². The van der Waals surface area contributed by atoms with Crippen molar-refractivity contribution < 1.29 is 18.7 Å². The van der Waals surface area contributed by atoms with E-state index < -0.39 is 0 Å². The van der Waals surface area contributed by atoms with Crippen LogP contribution in [0.25, 0.3) is 22.0 Å². The minimum Gasteiger partial charge on any atom is -0.459 e. The van der Waals surface area contributed by atoms with Crippen LogP contribution in [0.3, 0.4) is 0 Å². The second-order valence-corrected chi connectivity index (χ2v) is 6.93. The van der Waals surface area contributed by atoms with Crippen LogP contribution in [-0.4, -0.2) is 27.5 Å². The molecule has 9 heteroatoms. The molecule has 0 spiro atoms. The summed E-state index contributed by atoms with van der Waals surface area (Å²) in [5.41, 5.74) is 2.44. The number of amides is 1. The highest BCUT2D eigenvalue weighted by molar-refractivity contribution is 7.13. The van der Waals surface area contributed by atoms with E-state index in [4.69, 9.17) is 13.9 Å². The molecule has 0 aliphatic carbocycles. The third-order valence-electron chi connectivity index (χ3n) is 4.26. The van der Waals surface area contributed by atoms with E-state index in [1.807, 2.05) is 23.6 Å². The van der Waals surface area contributed by atoms with Crippen molar-refractivity contribution in [1.29, 1.82) is 0 Å². The zero-order chi connectivity index (χ0) is 19.1. The molecule has 3 aromatic heterocycles. The summed E-state index contributed by atoms with van der Waals surface area (Å²) in [7, 11) is 1.76. The van der Waals surface area contributed by atoms with E-state index in [9.17, 15) is 4.79 Å². The molecule has 1 aromatic carbocycles. The molecule has 1 aliphatic rings. The number of hydrogen-bond acceptors (Lipinski definition) is 7. The lowest BCUT2D eigenvalue weighted by Crippen LogP contribution is -2.13. The number of thiazole rings is 1. The van der Waals surface area contributed by atoms with Crippen LogP contribution in [-0.2, 0) is 7.05 Å². The first-order chi connectivity index (χ1) is 13.7. The number of aryl methyl sites for hydroxylation is 1. The number of nitrogens with one attached hydrogen (secondary N) is 1. The van der Waals surface area contributed by atoms with E-state index in [-0.39, 0.29) is 18.5 Å². The summed E-state index contributed by atoms with van der Waals surface area (Å²) in [6, 6.07) is 10.8. The Kier molecular flexibility index (Phi) is 3.87. The number of carbonyl (C=O) groups is 1. The van der Waals surface area contributed by atoms with Crippen molar-refractivity contribution in [1.82, 2.24) is 14.8 Å². The maximum absolute atomic E-state index is 12.2. The Morgan fingerprint density at radius 2 is 2.07 bits per heavy atom. The van der Waals surface area contributed by atoms with Crippen LogP contribution in [0.5, 0.6) is 11.5 Å². The lowest BCUT2D eigenvalue weighted by molar-refractivity contribution is 0.0995. The van der Waals surface area contributed by atoms with Crippen LogP contribution >= 0.6 is 11.3 Å². The predicted octanol–water partition coefficient (Wildman–Crippen LogP) is 3.78. The summed E-state index contributed by atoms with van der Waals surface area (Å²) < 4.78 is 17.5. The lowest BCUT2D eigenvalue weighted by Gasteiger charge is -2.01. The SMILES string of the molecule is Cn1nc(-c2nc(-c3ccc4c(c3)OCO4)cs2)cc1NC(=O)c1ccco1. The second kappa shape index (κ2) is 6.54. The van der Waals surface area contributed by atoms with Gasteiger partial charge in [-0.2, -0.15) is 5.10 Å². The molecule has 1 amide bonds. The van der Waals surface area contributed by atoms with Gasteiger partial charge in [-0.15, -0.1) is 11.3 Å². The molecule has 0 saturated heterocycles. The number of carbonyl (C=O) groups excluding carboxylic acids is 1. The van der Waals surface area contributed by atoms with Crippen LogP contribution in [0, 0.1) is 0 Å². The van der Waals surface area contributed by atoms with Gasteiger partial charge in [-0.25, -0.2) is 4.98 Å². The fraction of sp³-hybridized carbons (Fsp3) is 0.105. The first-order valence-electron chi connectivity index (χ1n) is 8.42. The molecule has 4 aromatic rings. The highest BCUT2D eigenvalue weighted by atomic mass is 32.1. The van der Waals surface area contributed by atoms with Gasteiger partial charge in [-0.3, -0.25) is 9.48 Å². The van der Waals surface area contributed by atoms with Crippen LogP contribution in [0.2, 0.25) is 0 Å². The molecule has 140 valence electrons. The first kappa shape index (κ1) is 16.6. The standard InChI is InChI=1S/C19H14N4O4S/c1-23-17(21-18(24)15-3-2-6-25-15)8-12(22-23)19-20-13(9-28-19)11-4-5-14-16(7-11)27-10-26-14/h2-9H,10H2,1H3,(H,21,24). The Morgan fingerprint density at radius 1 is 1.18 bits per heavy atom. The zero-order valence-corrected chi connectivity index (χ0v) is 15.5. The Morgan fingerprint density at radius 3 is 2.93 bits per heavy atom. The highest BCUT2D eigenvalue weighted by Gasteiger charge is 2.18. The van der Waals surface area contributed by atoms with Gasteiger partial charge in [0.2, 0.25) is 6.79 Å². The van der Waals surface area contributed by atoms with Gasteiger partial charge < -0.3 is 19.2 Å². The Labute approximate surface area is 163 Å². The van der Waals surface area contributed by atoms with Gasteiger partial charge >= 0.3 is 0 Å². The van der Waals surface area contributed by atoms with Crippen LogP contribution in [0.4, 0.5) is 5.82 Å². The van der Waals surface area contributed by atoms with Crippen molar-refractivity contribution in [3.05, 3.63) is 53.8 Å². The van der Waals surface area contributed by atoms with Gasteiger partial charge in [-0.1, -0.05) is 0 Å². The third kappa shape index (κ3) is 2.91. The normalized spacial score (nSPS) is 12.3. The largest absolute Gasteiger partial charge is 0.459 e. The number of aromatic nitrogens is 3. The monoisotopic (exact) mass is 394 g/mol. The molecule has 0 atom stereocenters. The minimum absolute atomic E-state index is 0.238. The molecule has 0 fully saturated rings. The summed E-state index contributed by atoms with van der Waals surface area (Å²) in [5.74, 6) is 1.91. The fourth-order valence-corrected chi connectivity index (χ4v) is 3.64. The number of ether oxygens (including phenoxy) is 2. The van der Waals surface area contributed by atoms with Crippen LogP contribution in [0.1, 0.15) is 10.6 Å². The van der Waals surface area contributed by atoms with Crippen LogP contribution in [0.15, 0.2) is 52.5 Å². The molecule has 28 heavy (non-hydrogen) atoms. The van der Waals surface area contributed by atoms with Gasteiger partial charge in [0.1, 0.15) is 16.5 Å². The second-order valence-electron chi connectivity index (χ2n) is 6.08. The number of rotatable bonds is 4. The van der Waals surface area contributed by atoms with E-state index >= 15 is 0 Å². The number of anilines is 1. The zero-order valence-electron chi connectivity index (χ0n) is 14.7. The van der Waals surface area contributed by atoms with Gasteiger partial charge in [0.25, 0.3) is 5.91 Å². The van der Waals surface area contributed by atoms with Crippen molar-refractivity contribution in [3.63, 3.8) is 0 Å². The van der Waals surface area contributed by atoms with Gasteiger partial charge in [-0.05, 0) is 30.3 Å². The number of hydrogen-bond donors (Lipinski definition) is 1. The molecule has 0 unspecified atom stereocenters. The van der Waals surface area contributed by atoms with Crippen molar-refractivity contribution in [3.8, 4) is 33.5 Å². The molecular weight excluding hydrogens is 380 g/mol.